The third-order valence-corrected chi connectivity index (χ3v) is 2.42. The van der Waals surface area contributed by atoms with Gasteiger partial charge in [0.15, 0.2) is 0 Å². The molecule has 4 nitrogen and oxygen atoms in total. The van der Waals surface area contributed by atoms with Gasteiger partial charge in [-0.05, 0) is 12.3 Å². The molecule has 0 radical (unpaired) electrons. The molecular weight excluding hydrogens is 166 g/mol. The lowest BCUT2D eigenvalue weighted by Crippen LogP contribution is -2.31. The molecular formula is C9H13N3O. The Kier molecular flexibility index (Phi) is 2.04. The summed E-state index contributed by atoms with van der Waals surface area (Å²) in [4.78, 5) is 17.4. The predicted octanol–water partition coefficient (Wildman–Crippen LogP) is 1.19. The number of carbonyl (C=O) groups is 1. The zero-order valence-electron chi connectivity index (χ0n) is 7.68. The van der Waals surface area contributed by atoms with E-state index in [2.05, 4.69) is 11.9 Å². The fourth-order valence-corrected chi connectivity index (χ4v) is 1.64. The average molecular weight is 179 g/mol. The van der Waals surface area contributed by atoms with Crippen LogP contribution in [0.15, 0.2) is 18.7 Å². The number of imidazole rings is 1. The van der Waals surface area contributed by atoms with Crippen molar-refractivity contribution in [2.45, 2.75) is 13.3 Å². The van der Waals surface area contributed by atoms with E-state index in [1.54, 1.807) is 18.7 Å². The summed E-state index contributed by atoms with van der Waals surface area (Å²) in [7, 11) is 0. The lowest BCUT2D eigenvalue weighted by atomic mass is 10.2. The van der Waals surface area contributed by atoms with E-state index in [0.29, 0.717) is 5.92 Å². The largest absolute Gasteiger partial charge is 0.329 e. The molecule has 0 spiro atoms. The van der Waals surface area contributed by atoms with Crippen molar-refractivity contribution in [3.8, 4) is 0 Å². The van der Waals surface area contributed by atoms with E-state index < -0.39 is 0 Å². The molecule has 1 amide bonds. The lowest BCUT2D eigenvalue weighted by molar-refractivity contribution is 0.209. The fourth-order valence-electron chi connectivity index (χ4n) is 1.64. The van der Waals surface area contributed by atoms with Gasteiger partial charge in [0.25, 0.3) is 0 Å². The predicted molar refractivity (Wildman–Crippen MR) is 48.4 cm³/mol. The molecule has 0 N–H and O–H groups in total. The maximum Gasteiger partial charge on any atom is 0.329 e. The van der Waals surface area contributed by atoms with Crippen LogP contribution in [-0.2, 0) is 0 Å². The second kappa shape index (κ2) is 3.20. The molecule has 0 bridgehead atoms. The van der Waals surface area contributed by atoms with Crippen molar-refractivity contribution < 1.29 is 4.79 Å². The van der Waals surface area contributed by atoms with Crippen LogP contribution in [0.1, 0.15) is 13.3 Å². The first-order valence-corrected chi connectivity index (χ1v) is 4.54. The minimum absolute atomic E-state index is 0.0434. The highest BCUT2D eigenvalue weighted by atomic mass is 16.2. The Bertz CT molecular complexity index is 294. The molecule has 1 saturated heterocycles. The van der Waals surface area contributed by atoms with E-state index in [1.165, 1.54) is 4.57 Å². The number of amides is 1. The van der Waals surface area contributed by atoms with Crippen molar-refractivity contribution in [2.75, 3.05) is 13.1 Å². The van der Waals surface area contributed by atoms with E-state index in [-0.39, 0.29) is 6.03 Å². The third kappa shape index (κ3) is 1.56. The Balaban J connectivity index is 2.06. The molecule has 2 rings (SSSR count). The Labute approximate surface area is 77.2 Å². The highest BCUT2D eigenvalue weighted by Gasteiger charge is 2.23. The number of hydrogen-bond acceptors (Lipinski definition) is 2. The van der Waals surface area contributed by atoms with Crippen LogP contribution < -0.4 is 0 Å². The minimum atomic E-state index is 0.0434. The third-order valence-electron chi connectivity index (χ3n) is 2.42. The summed E-state index contributed by atoms with van der Waals surface area (Å²) < 4.78 is 1.53. The number of rotatable bonds is 0. The van der Waals surface area contributed by atoms with Gasteiger partial charge in [-0.25, -0.2) is 9.78 Å². The van der Waals surface area contributed by atoms with Crippen LogP contribution in [0.5, 0.6) is 0 Å². The van der Waals surface area contributed by atoms with Gasteiger partial charge in [0.2, 0.25) is 0 Å². The lowest BCUT2D eigenvalue weighted by Gasteiger charge is -2.15. The van der Waals surface area contributed by atoms with Crippen LogP contribution in [0, 0.1) is 5.92 Å². The van der Waals surface area contributed by atoms with Gasteiger partial charge in [-0.2, -0.15) is 0 Å². The van der Waals surface area contributed by atoms with Gasteiger partial charge in [0, 0.05) is 25.5 Å². The van der Waals surface area contributed by atoms with Crippen LogP contribution >= 0.6 is 0 Å². The fraction of sp³-hybridized carbons (Fsp3) is 0.556. The molecule has 1 aliphatic rings. The molecule has 1 fully saturated rings. The molecule has 1 atom stereocenters. The maximum atomic E-state index is 11.7. The van der Waals surface area contributed by atoms with Crippen molar-refractivity contribution in [3.63, 3.8) is 0 Å². The Morgan fingerprint density at radius 1 is 1.62 bits per heavy atom. The molecule has 0 aliphatic carbocycles. The zero-order chi connectivity index (χ0) is 9.26. The van der Waals surface area contributed by atoms with Gasteiger partial charge in [-0.15, -0.1) is 0 Å². The van der Waals surface area contributed by atoms with E-state index in [0.717, 1.165) is 19.5 Å². The molecule has 13 heavy (non-hydrogen) atoms. The van der Waals surface area contributed by atoms with Crippen molar-refractivity contribution >= 4 is 6.03 Å². The van der Waals surface area contributed by atoms with Crippen LogP contribution in [0.25, 0.3) is 0 Å². The average Bonchev–Trinajstić information content (AvgIpc) is 2.72. The molecule has 0 saturated carbocycles. The monoisotopic (exact) mass is 179 g/mol. The van der Waals surface area contributed by atoms with Crippen molar-refractivity contribution in [1.29, 1.82) is 0 Å². The molecule has 1 aromatic rings. The second-order valence-corrected chi connectivity index (χ2v) is 3.59. The van der Waals surface area contributed by atoms with E-state index in [4.69, 9.17) is 0 Å². The second-order valence-electron chi connectivity index (χ2n) is 3.59. The van der Waals surface area contributed by atoms with Gasteiger partial charge >= 0.3 is 6.03 Å². The van der Waals surface area contributed by atoms with E-state index in [9.17, 15) is 4.79 Å². The topological polar surface area (TPSA) is 38.1 Å². The van der Waals surface area contributed by atoms with Gasteiger partial charge in [0.05, 0.1) is 0 Å². The Morgan fingerprint density at radius 2 is 2.46 bits per heavy atom. The molecule has 1 aromatic heterocycles. The zero-order valence-corrected chi connectivity index (χ0v) is 7.68. The van der Waals surface area contributed by atoms with Crippen molar-refractivity contribution in [1.82, 2.24) is 14.5 Å². The van der Waals surface area contributed by atoms with Gasteiger partial charge in [0.1, 0.15) is 6.33 Å². The SMILES string of the molecule is CC1CCN(C(=O)n2ccnc2)C1. The van der Waals surface area contributed by atoms with Crippen LogP contribution in [0.2, 0.25) is 0 Å². The molecule has 1 aliphatic heterocycles. The van der Waals surface area contributed by atoms with Crippen molar-refractivity contribution in [2.24, 2.45) is 5.92 Å². The number of carbonyl (C=O) groups excluding carboxylic acids is 1. The summed E-state index contributed by atoms with van der Waals surface area (Å²) in [6.07, 6.45) is 5.97. The molecule has 2 heterocycles. The van der Waals surface area contributed by atoms with Gasteiger partial charge in [-0.3, -0.25) is 4.57 Å². The van der Waals surface area contributed by atoms with E-state index >= 15 is 0 Å². The summed E-state index contributed by atoms with van der Waals surface area (Å²) in [6, 6.07) is 0.0434. The molecule has 0 aromatic carbocycles. The number of hydrogen-bond donors (Lipinski definition) is 0. The molecule has 70 valence electrons. The standard InChI is InChI=1S/C9H13N3O/c1-8-2-4-11(6-8)9(13)12-5-3-10-7-12/h3,5,7-8H,2,4,6H2,1H3. The number of likely N-dealkylation sites (tertiary alicyclic amines) is 1. The van der Waals surface area contributed by atoms with E-state index in [1.807, 2.05) is 4.90 Å². The Hall–Kier alpha value is -1.32. The summed E-state index contributed by atoms with van der Waals surface area (Å²) in [5, 5.41) is 0. The van der Waals surface area contributed by atoms with Gasteiger partial charge < -0.3 is 4.90 Å². The van der Waals surface area contributed by atoms with Gasteiger partial charge in [-0.1, -0.05) is 6.92 Å². The highest BCUT2D eigenvalue weighted by molar-refractivity contribution is 5.76. The number of aromatic nitrogens is 2. The van der Waals surface area contributed by atoms with Crippen LogP contribution in [0.4, 0.5) is 4.79 Å². The number of nitrogens with zero attached hydrogens (tertiary/aromatic N) is 3. The van der Waals surface area contributed by atoms with Crippen molar-refractivity contribution in [3.05, 3.63) is 18.7 Å². The highest BCUT2D eigenvalue weighted by Crippen LogP contribution is 2.15. The van der Waals surface area contributed by atoms with Crippen LogP contribution in [-0.4, -0.2) is 33.6 Å². The first-order valence-electron chi connectivity index (χ1n) is 4.54. The molecule has 4 heteroatoms. The first-order chi connectivity index (χ1) is 6.27. The first kappa shape index (κ1) is 8.29. The van der Waals surface area contributed by atoms with Crippen LogP contribution in [0.3, 0.4) is 0 Å². The summed E-state index contributed by atoms with van der Waals surface area (Å²) in [5.74, 6) is 0.632. The Morgan fingerprint density at radius 3 is 3.00 bits per heavy atom. The summed E-state index contributed by atoms with van der Waals surface area (Å²) in [6.45, 7) is 3.91. The smallest absolute Gasteiger partial charge is 0.324 e. The quantitative estimate of drug-likeness (QED) is 0.600. The minimum Gasteiger partial charge on any atom is -0.324 e. The normalized spacial score (nSPS) is 22.2. The summed E-state index contributed by atoms with van der Waals surface area (Å²) >= 11 is 0. The molecule has 1 unspecified atom stereocenters. The maximum absolute atomic E-state index is 11.7. The summed E-state index contributed by atoms with van der Waals surface area (Å²) in [5.41, 5.74) is 0.